The van der Waals surface area contributed by atoms with Crippen LogP contribution in [-0.2, 0) is 30.4 Å². The van der Waals surface area contributed by atoms with Crippen molar-refractivity contribution in [3.05, 3.63) is 47.5 Å². The number of nitrogens with one attached hydrogen (secondary N) is 4. The predicted octanol–water partition coefficient (Wildman–Crippen LogP) is -0.868. The van der Waals surface area contributed by atoms with Gasteiger partial charge in [-0.1, -0.05) is 12.1 Å². The van der Waals surface area contributed by atoms with Crippen molar-refractivity contribution >= 4 is 29.5 Å². The monoisotopic (exact) mass is 675 g/mol. The number of rotatable bonds is 12. The van der Waals surface area contributed by atoms with Crippen LogP contribution in [0, 0.1) is 22.7 Å². The fourth-order valence-corrected chi connectivity index (χ4v) is 5.24. The minimum Gasteiger partial charge on any atom is -0.492 e. The van der Waals surface area contributed by atoms with E-state index in [0.29, 0.717) is 33.8 Å². The van der Waals surface area contributed by atoms with Crippen LogP contribution in [0.1, 0.15) is 37.4 Å². The van der Waals surface area contributed by atoms with Crippen LogP contribution < -0.4 is 42.2 Å². The average molecular weight is 676 g/mol. The van der Waals surface area contributed by atoms with Gasteiger partial charge in [0.25, 0.3) is 0 Å². The summed E-state index contributed by atoms with van der Waals surface area (Å²) in [6, 6.07) is 8.71. The summed E-state index contributed by atoms with van der Waals surface area (Å²) >= 11 is 0. The van der Waals surface area contributed by atoms with E-state index in [4.69, 9.17) is 26.2 Å². The van der Waals surface area contributed by atoms with E-state index in [-0.39, 0.29) is 45.7 Å². The van der Waals surface area contributed by atoms with Crippen molar-refractivity contribution in [2.75, 3.05) is 39.9 Å². The topological polar surface area (TPSA) is 255 Å². The molecule has 0 saturated heterocycles. The number of ether oxygens (including phenoxy) is 2. The normalized spacial score (nSPS) is 17.8. The first-order chi connectivity index (χ1) is 23.4. The Balaban J connectivity index is 2.31. The summed E-state index contributed by atoms with van der Waals surface area (Å²) in [4.78, 5) is 67.2. The van der Waals surface area contributed by atoms with Crippen LogP contribution in [0.4, 0.5) is 0 Å². The van der Waals surface area contributed by atoms with Gasteiger partial charge in [0.05, 0.1) is 18.6 Å². The number of hydrogen-bond acceptors (Lipinski definition) is 11. The Labute approximate surface area is 284 Å². The van der Waals surface area contributed by atoms with Crippen LogP contribution in [0.15, 0.2) is 36.4 Å². The summed E-state index contributed by atoms with van der Waals surface area (Å²) in [6.45, 7) is 3.02. The third-order valence-electron chi connectivity index (χ3n) is 7.53. The second-order valence-corrected chi connectivity index (χ2v) is 11.2. The fourth-order valence-electron chi connectivity index (χ4n) is 5.24. The van der Waals surface area contributed by atoms with Gasteiger partial charge in [-0.2, -0.15) is 10.5 Å². The van der Waals surface area contributed by atoms with Crippen molar-refractivity contribution in [1.82, 2.24) is 26.2 Å². The standard InChI is InChI=1S/C33H41N9O7/c1-19-30(44)41-26(31(45)38-13-10-35)17-21-4-6-27(48-14-11-36)23(16-21)24-18-22(5-7-28(24)49-15-12-37)29(32(46)39-19)42(3)33(47)25(8-9-34)40-20(2)43/h4-7,16,18-19,25-26,29H,8,11-15,17,36-37H2,1-3H3,(H,38,45)(H,39,46)(H,40,43)(H,41,44)/t19-,25-,26-,29-/m0/s1. The maximum absolute atomic E-state index is 14.1. The predicted molar refractivity (Wildman–Crippen MR) is 176 cm³/mol. The Kier molecular flexibility index (Phi) is 13.9. The number of nitrogens with zero attached hydrogens (tertiary/aromatic N) is 3. The molecule has 16 nitrogen and oxygen atoms in total. The van der Waals surface area contributed by atoms with Crippen LogP contribution in [0.5, 0.6) is 11.5 Å². The molecule has 1 heterocycles. The molecule has 0 aromatic heterocycles. The first-order valence-corrected chi connectivity index (χ1v) is 15.5. The zero-order chi connectivity index (χ0) is 36.1. The maximum atomic E-state index is 14.1. The molecule has 1 aliphatic rings. The van der Waals surface area contributed by atoms with Crippen molar-refractivity contribution in [3.8, 4) is 34.8 Å². The number of carbonyl (C=O) groups is 5. The minimum atomic E-state index is -1.38. The lowest BCUT2D eigenvalue weighted by atomic mass is 9.93. The second-order valence-electron chi connectivity index (χ2n) is 11.2. The van der Waals surface area contributed by atoms with Crippen LogP contribution >= 0.6 is 0 Å². The molecule has 16 heteroatoms. The number of fused-ring (bicyclic) bond motifs is 5. The van der Waals surface area contributed by atoms with E-state index < -0.39 is 53.7 Å². The third-order valence-corrected chi connectivity index (χ3v) is 7.53. The molecule has 5 amide bonds. The van der Waals surface area contributed by atoms with Gasteiger partial charge in [-0.15, -0.1) is 0 Å². The molecule has 0 unspecified atom stereocenters. The van der Waals surface area contributed by atoms with E-state index in [1.165, 1.54) is 20.9 Å². The SMILES string of the molecule is CC(=O)N[C@@H](CC#N)C(=O)N(C)[C@@H]1C(=O)N[C@@H](C)C(=O)N[C@H](C(=O)NCC#N)Cc2ccc(OCCN)c(c2)-c2cc1ccc2OCCN. The molecular formula is C33H41N9O7. The van der Waals surface area contributed by atoms with Gasteiger partial charge in [0.1, 0.15) is 55.4 Å². The van der Waals surface area contributed by atoms with Crippen LogP contribution in [0.25, 0.3) is 11.1 Å². The molecule has 0 spiro atoms. The van der Waals surface area contributed by atoms with E-state index >= 15 is 0 Å². The van der Waals surface area contributed by atoms with Crippen molar-refractivity contribution in [2.45, 2.75) is 50.9 Å². The summed E-state index contributed by atoms with van der Waals surface area (Å²) < 4.78 is 12.0. The first kappa shape index (κ1) is 37.7. The quantitative estimate of drug-likeness (QED) is 0.151. The fraction of sp³-hybridized carbons (Fsp3) is 0.424. The highest BCUT2D eigenvalue weighted by Gasteiger charge is 2.35. The van der Waals surface area contributed by atoms with E-state index in [1.807, 2.05) is 12.1 Å². The van der Waals surface area contributed by atoms with Crippen LogP contribution in [-0.4, -0.2) is 92.5 Å². The lowest BCUT2D eigenvalue weighted by Gasteiger charge is -2.32. The Bertz CT molecular complexity index is 1640. The molecule has 3 rings (SSSR count). The number of benzene rings is 2. The van der Waals surface area contributed by atoms with Crippen molar-refractivity contribution < 1.29 is 33.4 Å². The number of hydrogen-bond donors (Lipinski definition) is 6. The first-order valence-electron chi connectivity index (χ1n) is 15.5. The molecule has 8 N–H and O–H groups in total. The highest BCUT2D eigenvalue weighted by atomic mass is 16.5. The maximum Gasteiger partial charge on any atom is 0.248 e. The largest absolute Gasteiger partial charge is 0.492 e. The van der Waals surface area contributed by atoms with E-state index in [0.717, 1.165) is 4.90 Å². The van der Waals surface area contributed by atoms with Gasteiger partial charge in [0.2, 0.25) is 29.5 Å². The number of nitriles is 2. The highest BCUT2D eigenvalue weighted by molar-refractivity contribution is 5.96. The van der Waals surface area contributed by atoms with Crippen molar-refractivity contribution in [1.29, 1.82) is 10.5 Å². The second kappa shape index (κ2) is 18.0. The molecule has 0 saturated carbocycles. The number of likely N-dealkylation sites (N-methyl/N-ethyl adjacent to an activating group) is 1. The summed E-state index contributed by atoms with van der Waals surface area (Å²) in [5.74, 6) is -2.61. The molecule has 0 aliphatic carbocycles. The van der Waals surface area contributed by atoms with Crippen LogP contribution in [0.2, 0.25) is 0 Å². The Hall–Kier alpha value is -5.71. The van der Waals surface area contributed by atoms with Gasteiger partial charge in [0.15, 0.2) is 0 Å². The molecule has 0 fully saturated rings. The van der Waals surface area contributed by atoms with Gasteiger partial charge in [-0.25, -0.2) is 0 Å². The third kappa shape index (κ3) is 9.90. The van der Waals surface area contributed by atoms with E-state index in [2.05, 4.69) is 21.3 Å². The summed E-state index contributed by atoms with van der Waals surface area (Å²) in [7, 11) is 1.34. The summed E-state index contributed by atoms with van der Waals surface area (Å²) in [5.41, 5.74) is 13.3. The average Bonchev–Trinajstić information content (AvgIpc) is 3.07. The molecule has 2 aromatic carbocycles. The smallest absolute Gasteiger partial charge is 0.248 e. The van der Waals surface area contributed by atoms with Gasteiger partial charge in [0, 0.05) is 44.6 Å². The lowest BCUT2D eigenvalue weighted by Crippen LogP contribution is -2.55. The Morgan fingerprint density at radius 1 is 0.980 bits per heavy atom. The molecule has 0 radical (unpaired) electrons. The summed E-state index contributed by atoms with van der Waals surface area (Å²) in [5, 5.41) is 28.6. The van der Waals surface area contributed by atoms with Crippen LogP contribution in [0.3, 0.4) is 0 Å². The number of carbonyl (C=O) groups excluding carboxylic acids is 5. The molecule has 4 bridgehead atoms. The highest BCUT2D eigenvalue weighted by Crippen LogP contribution is 2.40. The van der Waals surface area contributed by atoms with Crippen molar-refractivity contribution in [3.63, 3.8) is 0 Å². The van der Waals surface area contributed by atoms with Gasteiger partial charge >= 0.3 is 0 Å². The molecular weight excluding hydrogens is 634 g/mol. The van der Waals surface area contributed by atoms with Gasteiger partial charge in [-0.05, 0) is 42.3 Å². The minimum absolute atomic E-state index is 0.00973. The van der Waals surface area contributed by atoms with Gasteiger partial charge in [-0.3, -0.25) is 24.0 Å². The van der Waals surface area contributed by atoms with E-state index in [1.54, 1.807) is 36.4 Å². The Morgan fingerprint density at radius 3 is 2.20 bits per heavy atom. The lowest BCUT2D eigenvalue weighted by molar-refractivity contribution is -0.142. The Morgan fingerprint density at radius 2 is 1.61 bits per heavy atom. The van der Waals surface area contributed by atoms with E-state index in [9.17, 15) is 29.2 Å². The van der Waals surface area contributed by atoms with Crippen molar-refractivity contribution in [2.24, 2.45) is 11.5 Å². The molecule has 4 atom stereocenters. The zero-order valence-electron chi connectivity index (χ0n) is 27.6. The summed E-state index contributed by atoms with van der Waals surface area (Å²) in [6.07, 6.45) is -0.354. The zero-order valence-corrected chi connectivity index (χ0v) is 27.6. The molecule has 260 valence electrons. The molecule has 49 heavy (non-hydrogen) atoms. The van der Waals surface area contributed by atoms with Gasteiger partial charge < -0.3 is 47.1 Å². The molecule has 1 aliphatic heterocycles. The number of amides is 5. The number of nitrogens with two attached hydrogens (primary N) is 2. The molecule has 2 aromatic rings.